The third-order valence-electron chi connectivity index (χ3n) is 3.27. The van der Waals surface area contributed by atoms with Crippen LogP contribution in [0.5, 0.6) is 5.75 Å². The summed E-state index contributed by atoms with van der Waals surface area (Å²) in [6.07, 6.45) is 1.39. The quantitative estimate of drug-likeness (QED) is 0.836. The van der Waals surface area contributed by atoms with Crippen LogP contribution in [0.15, 0.2) is 35.9 Å². The summed E-state index contributed by atoms with van der Waals surface area (Å²) in [5.41, 5.74) is 0.823. The second kappa shape index (κ2) is 3.95. The topological polar surface area (TPSA) is 63.6 Å². The van der Waals surface area contributed by atoms with E-state index in [0.29, 0.717) is 16.9 Å². The van der Waals surface area contributed by atoms with Gasteiger partial charge in [0.05, 0.1) is 7.11 Å². The van der Waals surface area contributed by atoms with Gasteiger partial charge in [0.2, 0.25) is 5.78 Å². The summed E-state index contributed by atoms with van der Waals surface area (Å²) in [7, 11) is 1.52. The lowest BCUT2D eigenvalue weighted by Gasteiger charge is -2.17. The Hall–Kier alpha value is -2.62. The second-order valence-corrected chi connectivity index (χ2v) is 4.28. The van der Waals surface area contributed by atoms with Crippen LogP contribution in [-0.2, 0) is 4.79 Å². The van der Waals surface area contributed by atoms with Crippen molar-refractivity contribution in [1.29, 1.82) is 0 Å². The summed E-state index contributed by atoms with van der Waals surface area (Å²) in [6.45, 7) is 0. The molecule has 0 spiro atoms. The molecule has 0 bridgehead atoms. The van der Waals surface area contributed by atoms with Crippen LogP contribution in [0.4, 0.5) is 0 Å². The minimum Gasteiger partial charge on any atom is -0.496 e. The Balaban J connectivity index is 2.47. The zero-order chi connectivity index (χ0) is 13.6. The summed E-state index contributed by atoms with van der Waals surface area (Å²) < 4.78 is 5.25. The summed E-state index contributed by atoms with van der Waals surface area (Å²) >= 11 is 0. The number of carbonyl (C=O) groups is 2. The van der Waals surface area contributed by atoms with Gasteiger partial charge in [-0.05, 0) is 17.5 Å². The van der Waals surface area contributed by atoms with Gasteiger partial charge in [0.25, 0.3) is 0 Å². The molecule has 1 aliphatic rings. The number of benzene rings is 2. The number of hydrogen-bond donors (Lipinski definition) is 1. The van der Waals surface area contributed by atoms with Gasteiger partial charge in [-0.1, -0.05) is 24.3 Å². The zero-order valence-electron chi connectivity index (χ0n) is 10.1. The predicted octanol–water partition coefficient (Wildman–Crippen LogP) is 2.51. The highest BCUT2D eigenvalue weighted by molar-refractivity contribution is 6.33. The predicted molar refractivity (Wildman–Crippen MR) is 70.4 cm³/mol. The lowest BCUT2D eigenvalue weighted by molar-refractivity contribution is -0.132. The van der Waals surface area contributed by atoms with E-state index in [1.807, 2.05) is 12.1 Å². The van der Waals surface area contributed by atoms with Crippen molar-refractivity contribution >= 4 is 28.6 Å². The molecule has 0 heterocycles. The van der Waals surface area contributed by atoms with E-state index in [1.165, 1.54) is 13.2 Å². The summed E-state index contributed by atoms with van der Waals surface area (Å²) in [4.78, 5) is 23.3. The van der Waals surface area contributed by atoms with Crippen molar-refractivity contribution < 1.29 is 19.4 Å². The number of methoxy groups -OCH3 is 1. The molecule has 0 aromatic heterocycles. The zero-order valence-corrected chi connectivity index (χ0v) is 10.1. The minimum absolute atomic E-state index is 0.232. The lowest BCUT2D eigenvalue weighted by Crippen LogP contribution is -2.16. The first-order valence-electron chi connectivity index (χ1n) is 5.73. The van der Waals surface area contributed by atoms with Gasteiger partial charge in [-0.15, -0.1) is 0 Å². The Morgan fingerprint density at radius 3 is 2.68 bits per heavy atom. The molecule has 3 rings (SSSR count). The van der Waals surface area contributed by atoms with Gasteiger partial charge in [-0.25, -0.2) is 4.79 Å². The first-order valence-corrected chi connectivity index (χ1v) is 5.73. The SMILES string of the molecule is COc1ccc2cccc3c2c1C=C(C(=O)O)C3=O. The monoisotopic (exact) mass is 254 g/mol. The van der Waals surface area contributed by atoms with E-state index in [1.54, 1.807) is 18.2 Å². The molecular formula is C15H10O4. The highest BCUT2D eigenvalue weighted by atomic mass is 16.5. The van der Waals surface area contributed by atoms with Gasteiger partial charge in [0.15, 0.2) is 0 Å². The second-order valence-electron chi connectivity index (χ2n) is 4.28. The van der Waals surface area contributed by atoms with E-state index < -0.39 is 11.8 Å². The van der Waals surface area contributed by atoms with E-state index >= 15 is 0 Å². The van der Waals surface area contributed by atoms with Crippen molar-refractivity contribution in [2.24, 2.45) is 0 Å². The van der Waals surface area contributed by atoms with Crippen molar-refractivity contribution in [2.75, 3.05) is 7.11 Å². The molecule has 1 aliphatic carbocycles. The smallest absolute Gasteiger partial charge is 0.339 e. The van der Waals surface area contributed by atoms with Crippen LogP contribution in [0.1, 0.15) is 15.9 Å². The summed E-state index contributed by atoms with van der Waals surface area (Å²) in [5.74, 6) is -1.12. The molecule has 2 aromatic carbocycles. The van der Waals surface area contributed by atoms with E-state index in [9.17, 15) is 9.59 Å². The average Bonchev–Trinajstić information content (AvgIpc) is 2.42. The van der Waals surface area contributed by atoms with Crippen LogP contribution in [-0.4, -0.2) is 24.0 Å². The number of ketones is 1. The summed E-state index contributed by atoms with van der Waals surface area (Å²) in [5, 5.41) is 10.8. The Kier molecular flexibility index (Phi) is 2.38. The van der Waals surface area contributed by atoms with Crippen molar-refractivity contribution in [3.8, 4) is 5.75 Å². The normalized spacial score (nSPS) is 13.3. The molecular weight excluding hydrogens is 244 g/mol. The van der Waals surface area contributed by atoms with E-state index in [-0.39, 0.29) is 5.57 Å². The van der Waals surface area contributed by atoms with Gasteiger partial charge in [-0.3, -0.25) is 4.79 Å². The first-order chi connectivity index (χ1) is 9.13. The molecule has 0 radical (unpaired) electrons. The van der Waals surface area contributed by atoms with Crippen LogP contribution < -0.4 is 4.74 Å². The fraction of sp³-hybridized carbons (Fsp3) is 0.0667. The highest BCUT2D eigenvalue weighted by Gasteiger charge is 2.27. The molecule has 4 heteroatoms. The molecule has 0 unspecified atom stereocenters. The number of aliphatic carboxylic acids is 1. The van der Waals surface area contributed by atoms with Crippen molar-refractivity contribution in [2.45, 2.75) is 0 Å². The highest BCUT2D eigenvalue weighted by Crippen LogP contribution is 2.36. The number of rotatable bonds is 2. The first kappa shape index (κ1) is 11.5. The van der Waals surface area contributed by atoms with Crippen molar-refractivity contribution in [1.82, 2.24) is 0 Å². The van der Waals surface area contributed by atoms with Gasteiger partial charge >= 0.3 is 5.97 Å². The van der Waals surface area contributed by atoms with Crippen molar-refractivity contribution in [3.63, 3.8) is 0 Å². The third-order valence-corrected chi connectivity index (χ3v) is 3.27. The Bertz CT molecular complexity index is 756. The maximum absolute atomic E-state index is 12.2. The fourth-order valence-corrected chi connectivity index (χ4v) is 2.41. The van der Waals surface area contributed by atoms with Gasteiger partial charge in [0.1, 0.15) is 11.3 Å². The molecule has 2 aromatic rings. The van der Waals surface area contributed by atoms with Crippen LogP contribution in [0.2, 0.25) is 0 Å². The molecule has 0 amide bonds. The maximum Gasteiger partial charge on any atom is 0.339 e. The fourth-order valence-electron chi connectivity index (χ4n) is 2.41. The standard InChI is InChI=1S/C15H10O4/c1-19-12-6-5-8-3-2-4-9-13(8)10(12)7-11(14(9)16)15(17)18/h2-7H,1H3,(H,17,18). The van der Waals surface area contributed by atoms with E-state index in [2.05, 4.69) is 0 Å². The Morgan fingerprint density at radius 2 is 2.00 bits per heavy atom. The largest absolute Gasteiger partial charge is 0.496 e. The van der Waals surface area contributed by atoms with Crippen LogP contribution in [0, 0.1) is 0 Å². The molecule has 19 heavy (non-hydrogen) atoms. The van der Waals surface area contributed by atoms with Gasteiger partial charge < -0.3 is 9.84 Å². The Morgan fingerprint density at radius 1 is 1.21 bits per heavy atom. The molecule has 4 nitrogen and oxygen atoms in total. The van der Waals surface area contributed by atoms with Crippen LogP contribution in [0.3, 0.4) is 0 Å². The molecule has 0 aliphatic heterocycles. The third kappa shape index (κ3) is 1.53. The van der Waals surface area contributed by atoms with E-state index in [0.717, 1.165) is 10.8 Å². The number of ether oxygens (including phenoxy) is 1. The summed E-state index contributed by atoms with van der Waals surface area (Å²) in [6, 6.07) is 8.90. The molecule has 94 valence electrons. The molecule has 0 atom stereocenters. The van der Waals surface area contributed by atoms with Crippen LogP contribution >= 0.6 is 0 Å². The van der Waals surface area contributed by atoms with E-state index in [4.69, 9.17) is 9.84 Å². The molecule has 0 fully saturated rings. The number of carboxylic acid groups (broad SMARTS) is 1. The number of Topliss-reactive ketones (excluding diaryl/α,β-unsaturated/α-hetero) is 1. The van der Waals surface area contributed by atoms with Crippen LogP contribution in [0.25, 0.3) is 16.8 Å². The van der Waals surface area contributed by atoms with Gasteiger partial charge in [-0.2, -0.15) is 0 Å². The number of carbonyl (C=O) groups excluding carboxylic acids is 1. The molecule has 0 saturated heterocycles. The maximum atomic E-state index is 12.2. The Labute approximate surface area is 108 Å². The minimum atomic E-state index is -1.22. The molecule has 0 saturated carbocycles. The lowest BCUT2D eigenvalue weighted by atomic mass is 9.87. The number of carboxylic acids is 1. The van der Waals surface area contributed by atoms with Crippen molar-refractivity contribution in [3.05, 3.63) is 47.0 Å². The average molecular weight is 254 g/mol. The number of hydrogen-bond acceptors (Lipinski definition) is 3. The molecule has 1 N–H and O–H groups in total. The van der Waals surface area contributed by atoms with Gasteiger partial charge in [0, 0.05) is 16.5 Å².